The lowest BCUT2D eigenvalue weighted by molar-refractivity contribution is -0.120. The molecule has 0 spiro atoms. The van der Waals surface area contributed by atoms with E-state index in [2.05, 4.69) is 75.4 Å². The summed E-state index contributed by atoms with van der Waals surface area (Å²) >= 11 is 0. The van der Waals surface area contributed by atoms with Gasteiger partial charge in [0.2, 0.25) is 0 Å². The summed E-state index contributed by atoms with van der Waals surface area (Å²) in [6, 6.07) is 21.1. The number of rotatable bonds is 2. The normalized spacial score (nSPS) is 32.7. The van der Waals surface area contributed by atoms with E-state index < -0.39 is 0 Å². The molecule has 0 heterocycles. The Morgan fingerprint density at radius 1 is 0.913 bits per heavy atom. The number of fused-ring (bicyclic) bond motifs is 1. The summed E-state index contributed by atoms with van der Waals surface area (Å²) in [5.74, 6) is 0.449. The van der Waals surface area contributed by atoms with Crippen LogP contribution in [0.5, 0.6) is 0 Å². The van der Waals surface area contributed by atoms with Crippen molar-refractivity contribution >= 4 is 5.78 Å². The molecule has 0 bridgehead atoms. The molecule has 2 saturated carbocycles. The van der Waals surface area contributed by atoms with Gasteiger partial charge in [-0.15, -0.1) is 0 Å². The van der Waals surface area contributed by atoms with E-state index >= 15 is 0 Å². The lowest BCUT2D eigenvalue weighted by atomic mass is 9.66. The van der Waals surface area contributed by atoms with Gasteiger partial charge in [0, 0.05) is 17.8 Å². The molecule has 118 valence electrons. The predicted octanol–water partition coefficient (Wildman–Crippen LogP) is 5.12. The molecule has 2 fully saturated rings. The minimum atomic E-state index is 0.0314. The number of hydrogen-bond donors (Lipinski definition) is 0. The minimum Gasteiger partial charge on any atom is -0.299 e. The third-order valence-corrected chi connectivity index (χ3v) is 6.40. The number of ketones is 1. The quantitative estimate of drug-likeness (QED) is 0.753. The van der Waals surface area contributed by atoms with Gasteiger partial charge in [-0.25, -0.2) is 0 Å². The maximum absolute atomic E-state index is 13.0. The van der Waals surface area contributed by atoms with Crippen LogP contribution < -0.4 is 0 Å². The Labute approximate surface area is 138 Å². The highest BCUT2D eigenvalue weighted by Crippen LogP contribution is 2.82. The van der Waals surface area contributed by atoms with Crippen molar-refractivity contribution in [1.82, 2.24) is 0 Å². The van der Waals surface area contributed by atoms with Crippen molar-refractivity contribution < 1.29 is 4.79 Å². The van der Waals surface area contributed by atoms with E-state index in [9.17, 15) is 4.79 Å². The van der Waals surface area contributed by atoms with Crippen LogP contribution in [0.3, 0.4) is 0 Å². The second-order valence-corrected chi connectivity index (χ2v) is 8.33. The summed E-state index contributed by atoms with van der Waals surface area (Å²) in [4.78, 5) is 13.0. The van der Waals surface area contributed by atoms with Crippen molar-refractivity contribution in [3.63, 3.8) is 0 Å². The summed E-state index contributed by atoms with van der Waals surface area (Å²) in [5.41, 5.74) is 2.71. The van der Waals surface area contributed by atoms with Gasteiger partial charge in [-0.3, -0.25) is 4.79 Å². The van der Waals surface area contributed by atoms with Crippen LogP contribution >= 0.6 is 0 Å². The molecule has 0 aromatic heterocycles. The number of benzene rings is 2. The fourth-order valence-electron chi connectivity index (χ4n) is 5.46. The highest BCUT2D eigenvalue weighted by molar-refractivity contribution is 5.94. The molecule has 0 aliphatic heterocycles. The van der Waals surface area contributed by atoms with E-state index in [1.165, 1.54) is 11.1 Å². The molecule has 0 N–H and O–H groups in total. The number of carbonyl (C=O) groups excluding carboxylic acids is 1. The zero-order valence-electron chi connectivity index (χ0n) is 14.2. The van der Waals surface area contributed by atoms with E-state index in [1.54, 1.807) is 0 Å². The Balaban J connectivity index is 1.89. The molecule has 23 heavy (non-hydrogen) atoms. The van der Waals surface area contributed by atoms with Crippen molar-refractivity contribution in [2.45, 2.75) is 44.9 Å². The Morgan fingerprint density at radius 3 is 2.04 bits per heavy atom. The van der Waals surface area contributed by atoms with Crippen LogP contribution in [0.15, 0.2) is 60.7 Å². The molecule has 4 rings (SSSR count). The third-order valence-electron chi connectivity index (χ3n) is 6.40. The van der Waals surface area contributed by atoms with Crippen LogP contribution in [0.4, 0.5) is 0 Å². The average molecular weight is 304 g/mol. The van der Waals surface area contributed by atoms with Gasteiger partial charge in [0.25, 0.3) is 0 Å². The Kier molecular flexibility index (Phi) is 2.91. The lowest BCUT2D eigenvalue weighted by Gasteiger charge is -2.37. The molecule has 0 radical (unpaired) electrons. The first kappa shape index (κ1) is 14.7. The van der Waals surface area contributed by atoms with Crippen molar-refractivity contribution in [2.75, 3.05) is 0 Å². The van der Waals surface area contributed by atoms with E-state index in [0.717, 1.165) is 6.42 Å². The van der Waals surface area contributed by atoms with Gasteiger partial charge in [-0.2, -0.15) is 0 Å². The predicted molar refractivity (Wildman–Crippen MR) is 93.4 cm³/mol. The van der Waals surface area contributed by atoms with Crippen molar-refractivity contribution in [3.05, 3.63) is 71.8 Å². The van der Waals surface area contributed by atoms with E-state index in [1.807, 2.05) is 6.07 Å². The molecule has 0 unspecified atom stereocenters. The first-order chi connectivity index (χ1) is 10.9. The topological polar surface area (TPSA) is 17.1 Å². The summed E-state index contributed by atoms with van der Waals surface area (Å²) in [7, 11) is 0. The number of carbonyl (C=O) groups is 1. The Morgan fingerprint density at radius 2 is 1.48 bits per heavy atom. The fraction of sp³-hybridized carbons (Fsp3) is 0.409. The Bertz CT molecular complexity index is 741. The molecule has 3 atom stereocenters. The standard InChI is InChI=1S/C22H24O/c1-20(2,3)22-15-21(22,17-12-8-5-9-13-17)14-18(23)19(22)16-10-6-4-7-11-16/h4-13,19H,14-15H2,1-3H3/t19-,21-,22-/m0/s1. The van der Waals surface area contributed by atoms with Crippen molar-refractivity contribution in [1.29, 1.82) is 0 Å². The summed E-state index contributed by atoms with van der Waals surface area (Å²) in [5, 5.41) is 0. The largest absolute Gasteiger partial charge is 0.299 e. The average Bonchev–Trinajstić information content (AvgIpc) is 3.13. The van der Waals surface area contributed by atoms with Crippen LogP contribution in [-0.4, -0.2) is 5.78 Å². The second kappa shape index (κ2) is 4.56. The SMILES string of the molecule is CC(C)(C)[C@@]12C[C@]1(c1ccccc1)CC(=O)[C@@H]2c1ccccc1. The maximum Gasteiger partial charge on any atom is 0.141 e. The minimum absolute atomic E-state index is 0.0314. The van der Waals surface area contributed by atoms with Crippen LogP contribution in [0.1, 0.15) is 50.7 Å². The smallest absolute Gasteiger partial charge is 0.141 e. The molecular weight excluding hydrogens is 280 g/mol. The summed E-state index contributed by atoms with van der Waals surface area (Å²) in [6.07, 6.45) is 1.81. The molecule has 0 saturated heterocycles. The highest BCUT2D eigenvalue weighted by atomic mass is 16.1. The van der Waals surface area contributed by atoms with Gasteiger partial charge >= 0.3 is 0 Å². The maximum atomic E-state index is 13.0. The van der Waals surface area contributed by atoms with Crippen molar-refractivity contribution in [3.8, 4) is 0 Å². The molecule has 1 heteroatoms. The first-order valence-electron chi connectivity index (χ1n) is 8.56. The molecule has 2 aromatic carbocycles. The second-order valence-electron chi connectivity index (χ2n) is 8.33. The van der Waals surface area contributed by atoms with Crippen LogP contribution in [0, 0.1) is 10.8 Å². The third kappa shape index (κ3) is 1.77. The van der Waals surface area contributed by atoms with Crippen molar-refractivity contribution in [2.24, 2.45) is 10.8 Å². The number of hydrogen-bond acceptors (Lipinski definition) is 1. The monoisotopic (exact) mass is 304 g/mol. The van der Waals surface area contributed by atoms with Crippen LogP contribution in [0.2, 0.25) is 0 Å². The Hall–Kier alpha value is -1.89. The molecule has 2 aliphatic rings. The van der Waals surface area contributed by atoms with Gasteiger partial charge in [-0.1, -0.05) is 81.4 Å². The van der Waals surface area contributed by atoms with E-state index in [4.69, 9.17) is 0 Å². The summed E-state index contributed by atoms with van der Waals surface area (Å²) < 4.78 is 0. The van der Waals surface area contributed by atoms with Crippen LogP contribution in [-0.2, 0) is 10.2 Å². The fourth-order valence-corrected chi connectivity index (χ4v) is 5.46. The molecular formula is C22H24O. The van der Waals surface area contributed by atoms with E-state index in [-0.39, 0.29) is 22.2 Å². The van der Waals surface area contributed by atoms with Gasteiger partial charge in [0.1, 0.15) is 5.78 Å². The van der Waals surface area contributed by atoms with Crippen LogP contribution in [0.25, 0.3) is 0 Å². The molecule has 2 aliphatic carbocycles. The summed E-state index contributed by atoms with van der Waals surface area (Å²) in [6.45, 7) is 6.94. The van der Waals surface area contributed by atoms with Gasteiger partial charge in [0.15, 0.2) is 0 Å². The number of Topliss-reactive ketones (excluding diaryl/α,β-unsaturated/α-hetero) is 1. The molecule has 1 nitrogen and oxygen atoms in total. The first-order valence-corrected chi connectivity index (χ1v) is 8.56. The van der Waals surface area contributed by atoms with Gasteiger partial charge < -0.3 is 0 Å². The molecule has 0 amide bonds. The van der Waals surface area contributed by atoms with Gasteiger partial charge in [-0.05, 0) is 28.4 Å². The zero-order valence-corrected chi connectivity index (χ0v) is 14.2. The van der Waals surface area contributed by atoms with Gasteiger partial charge in [0.05, 0.1) is 0 Å². The lowest BCUT2D eigenvalue weighted by Crippen LogP contribution is -2.32. The molecule has 2 aromatic rings. The highest BCUT2D eigenvalue weighted by Gasteiger charge is 2.80. The zero-order chi connectivity index (χ0) is 16.3. The van der Waals surface area contributed by atoms with E-state index in [0.29, 0.717) is 12.2 Å².